The fourth-order valence-corrected chi connectivity index (χ4v) is 3.97. The molecular weight excluding hydrogens is 344 g/mol. The molecule has 0 aliphatic carbocycles. The van der Waals surface area contributed by atoms with E-state index in [2.05, 4.69) is 31.2 Å². The molecule has 4 heteroatoms. The number of rotatable bonds is 4. The molecule has 0 spiro atoms. The highest BCUT2D eigenvalue weighted by Gasteiger charge is 2.17. The summed E-state index contributed by atoms with van der Waals surface area (Å²) in [5, 5.41) is 10.5. The molecule has 130 valence electrons. The molecule has 0 saturated heterocycles. The zero-order valence-corrected chi connectivity index (χ0v) is 15.3. The lowest BCUT2D eigenvalue weighted by molar-refractivity contribution is 0.415. The van der Waals surface area contributed by atoms with Gasteiger partial charge in [-0.2, -0.15) is 0 Å². The van der Waals surface area contributed by atoms with Crippen LogP contribution in [-0.4, -0.2) is 12.2 Å². The molecule has 0 unspecified atom stereocenters. The van der Waals surface area contributed by atoms with E-state index in [9.17, 15) is 5.11 Å². The average Bonchev–Trinajstić information content (AvgIpc) is 3.01. The van der Waals surface area contributed by atoms with Crippen LogP contribution in [0.25, 0.3) is 20.5 Å². The second-order valence-corrected chi connectivity index (χ2v) is 7.14. The van der Waals surface area contributed by atoms with Crippen molar-refractivity contribution >= 4 is 21.4 Å². The predicted octanol–water partition coefficient (Wildman–Crippen LogP) is 6.38. The molecule has 0 saturated carbocycles. The summed E-state index contributed by atoms with van der Waals surface area (Å²) in [4.78, 5) is 1.07. The van der Waals surface area contributed by atoms with Crippen LogP contribution in [0, 0.1) is 6.92 Å². The number of phenolic OH excluding ortho intramolecular Hbond substituents is 1. The van der Waals surface area contributed by atoms with Crippen LogP contribution < -0.4 is 9.47 Å². The van der Waals surface area contributed by atoms with Gasteiger partial charge in [0.05, 0.1) is 12.0 Å². The van der Waals surface area contributed by atoms with Gasteiger partial charge in [-0.25, -0.2) is 0 Å². The third-order valence-electron chi connectivity index (χ3n) is 4.22. The summed E-state index contributed by atoms with van der Waals surface area (Å²) in [5.41, 5.74) is 2.34. The molecule has 4 rings (SSSR count). The molecule has 0 radical (unpaired) electrons. The summed E-state index contributed by atoms with van der Waals surface area (Å²) in [6, 6.07) is 21.2. The first-order valence-electron chi connectivity index (χ1n) is 8.28. The van der Waals surface area contributed by atoms with E-state index in [0.717, 1.165) is 32.0 Å². The number of aromatic hydroxyl groups is 1. The first-order valence-corrected chi connectivity index (χ1v) is 9.10. The fraction of sp³-hybridized carbons (Fsp3) is 0.0909. The summed E-state index contributed by atoms with van der Waals surface area (Å²) in [5.74, 6) is 2.55. The lowest BCUT2D eigenvalue weighted by Crippen LogP contribution is -1.86. The van der Waals surface area contributed by atoms with Crippen LogP contribution in [0.5, 0.6) is 23.0 Å². The van der Waals surface area contributed by atoms with Crippen molar-refractivity contribution in [1.82, 2.24) is 0 Å². The van der Waals surface area contributed by atoms with Gasteiger partial charge in [-0.15, -0.1) is 11.3 Å². The Bertz CT molecular complexity index is 1050. The topological polar surface area (TPSA) is 38.7 Å². The van der Waals surface area contributed by atoms with E-state index in [1.807, 2.05) is 18.2 Å². The third-order valence-corrected chi connectivity index (χ3v) is 5.40. The molecule has 3 aromatic carbocycles. The number of hydrogen-bond acceptors (Lipinski definition) is 4. The zero-order chi connectivity index (χ0) is 18.1. The number of thiophene rings is 1. The molecule has 26 heavy (non-hydrogen) atoms. The number of benzene rings is 3. The highest BCUT2D eigenvalue weighted by atomic mass is 32.1. The van der Waals surface area contributed by atoms with E-state index in [4.69, 9.17) is 9.47 Å². The van der Waals surface area contributed by atoms with Gasteiger partial charge in [-0.1, -0.05) is 29.8 Å². The van der Waals surface area contributed by atoms with Crippen molar-refractivity contribution in [1.29, 1.82) is 0 Å². The largest absolute Gasteiger partial charge is 0.508 e. The Balaban J connectivity index is 1.87. The minimum absolute atomic E-state index is 0.219. The number of aryl methyl sites for hydroxylation is 1. The van der Waals surface area contributed by atoms with Crippen LogP contribution in [0.3, 0.4) is 0 Å². The molecule has 0 bridgehead atoms. The average molecular weight is 362 g/mol. The summed E-state index contributed by atoms with van der Waals surface area (Å²) < 4.78 is 12.7. The van der Waals surface area contributed by atoms with Gasteiger partial charge in [0, 0.05) is 10.1 Å². The van der Waals surface area contributed by atoms with Gasteiger partial charge in [0.25, 0.3) is 0 Å². The maximum atomic E-state index is 9.50. The van der Waals surface area contributed by atoms with Gasteiger partial charge in [0.15, 0.2) is 5.75 Å². The van der Waals surface area contributed by atoms with Crippen molar-refractivity contribution in [2.24, 2.45) is 0 Å². The number of fused-ring (bicyclic) bond motifs is 1. The maximum absolute atomic E-state index is 9.50. The molecular formula is C22H18O3S. The van der Waals surface area contributed by atoms with Gasteiger partial charge in [-0.05, 0) is 55.0 Å². The van der Waals surface area contributed by atoms with Gasteiger partial charge in [0.1, 0.15) is 17.2 Å². The first-order chi connectivity index (χ1) is 12.6. The van der Waals surface area contributed by atoms with Gasteiger partial charge in [-0.3, -0.25) is 0 Å². The lowest BCUT2D eigenvalue weighted by Gasteiger charge is -2.09. The van der Waals surface area contributed by atoms with Crippen molar-refractivity contribution in [3.8, 4) is 33.4 Å². The molecule has 0 amide bonds. The minimum atomic E-state index is 0.219. The van der Waals surface area contributed by atoms with E-state index < -0.39 is 0 Å². The number of methoxy groups -OCH3 is 1. The molecule has 3 nitrogen and oxygen atoms in total. The van der Waals surface area contributed by atoms with Crippen molar-refractivity contribution in [3.63, 3.8) is 0 Å². The number of ether oxygens (including phenoxy) is 2. The maximum Gasteiger partial charge on any atom is 0.153 e. The van der Waals surface area contributed by atoms with Crippen molar-refractivity contribution in [3.05, 3.63) is 72.3 Å². The van der Waals surface area contributed by atoms with Crippen LogP contribution in [0.15, 0.2) is 66.7 Å². The summed E-state index contributed by atoms with van der Waals surface area (Å²) in [7, 11) is 1.67. The van der Waals surface area contributed by atoms with Crippen LogP contribution in [0.2, 0.25) is 0 Å². The second kappa shape index (κ2) is 6.73. The normalized spacial score (nSPS) is 10.8. The lowest BCUT2D eigenvalue weighted by atomic mass is 10.1. The molecule has 1 N–H and O–H groups in total. The Labute approximate surface area is 156 Å². The van der Waals surface area contributed by atoms with Crippen LogP contribution in [0.4, 0.5) is 0 Å². The van der Waals surface area contributed by atoms with Gasteiger partial charge < -0.3 is 14.6 Å². The molecule has 0 atom stereocenters. The summed E-state index contributed by atoms with van der Waals surface area (Å²) in [6.07, 6.45) is 0. The molecule has 1 heterocycles. The standard InChI is InChI=1S/C22H18O3S/c1-14-3-5-15(6-4-14)22-21(25-17-9-7-16(23)8-10-17)19-12-11-18(24-2)13-20(19)26-22/h3-13,23H,1-2H3. The Morgan fingerprint density at radius 1 is 0.846 bits per heavy atom. The Hall–Kier alpha value is -2.98. The van der Waals surface area contributed by atoms with Crippen molar-refractivity contribution in [2.75, 3.05) is 7.11 Å². The third kappa shape index (κ3) is 3.11. The highest BCUT2D eigenvalue weighted by Crippen LogP contribution is 2.47. The Morgan fingerprint density at radius 2 is 1.54 bits per heavy atom. The van der Waals surface area contributed by atoms with E-state index in [1.54, 1.807) is 42.7 Å². The minimum Gasteiger partial charge on any atom is -0.508 e. The molecule has 0 fully saturated rings. The van der Waals surface area contributed by atoms with Crippen LogP contribution in [-0.2, 0) is 0 Å². The zero-order valence-electron chi connectivity index (χ0n) is 14.5. The quantitative estimate of drug-likeness (QED) is 0.457. The molecule has 0 aliphatic heterocycles. The second-order valence-electron chi connectivity index (χ2n) is 6.08. The molecule has 0 aliphatic rings. The van der Waals surface area contributed by atoms with E-state index >= 15 is 0 Å². The predicted molar refractivity (Wildman–Crippen MR) is 107 cm³/mol. The number of phenols is 1. The molecule has 1 aromatic heterocycles. The molecule has 4 aromatic rings. The van der Waals surface area contributed by atoms with Crippen LogP contribution >= 0.6 is 11.3 Å². The van der Waals surface area contributed by atoms with Crippen molar-refractivity contribution < 1.29 is 14.6 Å². The summed E-state index contributed by atoms with van der Waals surface area (Å²) in [6.45, 7) is 2.08. The van der Waals surface area contributed by atoms with Crippen molar-refractivity contribution in [2.45, 2.75) is 6.92 Å². The highest BCUT2D eigenvalue weighted by molar-refractivity contribution is 7.22. The van der Waals surface area contributed by atoms with E-state index in [-0.39, 0.29) is 5.75 Å². The van der Waals surface area contributed by atoms with E-state index in [0.29, 0.717) is 5.75 Å². The van der Waals surface area contributed by atoms with Gasteiger partial charge >= 0.3 is 0 Å². The fourth-order valence-electron chi connectivity index (χ4n) is 2.81. The smallest absolute Gasteiger partial charge is 0.153 e. The van der Waals surface area contributed by atoms with Crippen LogP contribution in [0.1, 0.15) is 5.56 Å². The SMILES string of the molecule is COc1ccc2c(Oc3ccc(O)cc3)c(-c3ccc(C)cc3)sc2c1. The van der Waals surface area contributed by atoms with Gasteiger partial charge in [0.2, 0.25) is 0 Å². The number of hydrogen-bond donors (Lipinski definition) is 1. The Morgan fingerprint density at radius 3 is 2.23 bits per heavy atom. The van der Waals surface area contributed by atoms with E-state index in [1.165, 1.54) is 5.56 Å². The monoisotopic (exact) mass is 362 g/mol. The Kier molecular flexibility index (Phi) is 4.27. The summed E-state index contributed by atoms with van der Waals surface area (Å²) >= 11 is 1.68. The first kappa shape index (κ1) is 16.5.